The molecule has 1 heterocycles. The van der Waals surface area contributed by atoms with Crippen molar-refractivity contribution in [3.63, 3.8) is 0 Å². The van der Waals surface area contributed by atoms with Crippen LogP contribution in [-0.2, 0) is 9.59 Å². The molecular formula is C20H28N2O2. The number of nitrogens with one attached hydrogen (secondary N) is 1. The van der Waals surface area contributed by atoms with Gasteiger partial charge in [0.2, 0.25) is 11.8 Å². The predicted molar refractivity (Wildman–Crippen MR) is 97.3 cm³/mol. The van der Waals surface area contributed by atoms with Gasteiger partial charge >= 0.3 is 0 Å². The molecule has 0 aliphatic carbocycles. The van der Waals surface area contributed by atoms with Gasteiger partial charge in [-0.05, 0) is 37.8 Å². The third-order valence-corrected chi connectivity index (χ3v) is 4.58. The summed E-state index contributed by atoms with van der Waals surface area (Å²) in [4.78, 5) is 26.6. The minimum absolute atomic E-state index is 0.0163. The number of nitrogens with zero attached hydrogens (tertiary/aromatic N) is 1. The lowest BCUT2D eigenvalue weighted by atomic mass is 9.92. The average molecular weight is 328 g/mol. The SMILES string of the molecule is CCCCNC(=O)C1CCC(C)N(C(=O)/C=C/c2ccccc2)C1. The van der Waals surface area contributed by atoms with E-state index in [0.717, 1.165) is 37.8 Å². The van der Waals surface area contributed by atoms with Crippen molar-refractivity contribution in [1.29, 1.82) is 0 Å². The molecule has 2 atom stereocenters. The van der Waals surface area contributed by atoms with Gasteiger partial charge in [-0.15, -0.1) is 0 Å². The Labute approximate surface area is 144 Å². The Hall–Kier alpha value is -2.10. The Morgan fingerprint density at radius 3 is 2.71 bits per heavy atom. The number of hydrogen-bond acceptors (Lipinski definition) is 2. The van der Waals surface area contributed by atoms with Gasteiger partial charge in [-0.3, -0.25) is 9.59 Å². The molecule has 1 saturated heterocycles. The average Bonchev–Trinajstić information content (AvgIpc) is 2.61. The van der Waals surface area contributed by atoms with Crippen molar-refractivity contribution in [2.24, 2.45) is 5.92 Å². The highest BCUT2D eigenvalue weighted by atomic mass is 16.2. The molecule has 2 unspecified atom stereocenters. The Morgan fingerprint density at radius 1 is 1.25 bits per heavy atom. The Kier molecular flexibility index (Phi) is 7.04. The zero-order valence-electron chi connectivity index (χ0n) is 14.7. The first-order valence-corrected chi connectivity index (χ1v) is 8.93. The van der Waals surface area contributed by atoms with Gasteiger partial charge in [0.25, 0.3) is 0 Å². The number of amides is 2. The lowest BCUT2D eigenvalue weighted by Gasteiger charge is -2.36. The summed E-state index contributed by atoms with van der Waals surface area (Å²) in [5, 5.41) is 2.99. The summed E-state index contributed by atoms with van der Waals surface area (Å²) in [5.41, 5.74) is 1.00. The third-order valence-electron chi connectivity index (χ3n) is 4.58. The van der Waals surface area contributed by atoms with Crippen molar-refractivity contribution in [2.75, 3.05) is 13.1 Å². The van der Waals surface area contributed by atoms with Gasteiger partial charge in [-0.2, -0.15) is 0 Å². The summed E-state index contributed by atoms with van der Waals surface area (Å²) in [6, 6.07) is 9.96. The highest BCUT2D eigenvalue weighted by Crippen LogP contribution is 2.22. The highest BCUT2D eigenvalue weighted by Gasteiger charge is 2.31. The van der Waals surface area contributed by atoms with Crippen LogP contribution < -0.4 is 5.32 Å². The quantitative estimate of drug-likeness (QED) is 0.644. The minimum atomic E-state index is -0.0906. The second-order valence-corrected chi connectivity index (χ2v) is 6.50. The minimum Gasteiger partial charge on any atom is -0.356 e. The summed E-state index contributed by atoms with van der Waals surface area (Å²) >= 11 is 0. The van der Waals surface area contributed by atoms with E-state index in [1.165, 1.54) is 0 Å². The van der Waals surface area contributed by atoms with Crippen LogP contribution in [0.15, 0.2) is 36.4 Å². The summed E-state index contributed by atoms with van der Waals surface area (Å²) in [6.45, 7) is 5.40. The molecule has 0 saturated carbocycles. The van der Waals surface area contributed by atoms with Gasteiger partial charge in [-0.25, -0.2) is 0 Å². The largest absolute Gasteiger partial charge is 0.356 e. The van der Waals surface area contributed by atoms with Crippen LogP contribution in [0.3, 0.4) is 0 Å². The van der Waals surface area contributed by atoms with Crippen LogP contribution >= 0.6 is 0 Å². The van der Waals surface area contributed by atoms with Crippen molar-refractivity contribution in [2.45, 2.75) is 45.6 Å². The molecule has 1 aromatic rings. The summed E-state index contributed by atoms with van der Waals surface area (Å²) in [5.74, 6) is -0.0234. The summed E-state index contributed by atoms with van der Waals surface area (Å²) < 4.78 is 0. The smallest absolute Gasteiger partial charge is 0.246 e. The first-order chi connectivity index (χ1) is 11.6. The fourth-order valence-corrected chi connectivity index (χ4v) is 2.99. The van der Waals surface area contributed by atoms with Crippen LogP contribution in [-0.4, -0.2) is 35.8 Å². The van der Waals surface area contributed by atoms with E-state index in [4.69, 9.17) is 0 Å². The zero-order valence-corrected chi connectivity index (χ0v) is 14.7. The molecule has 2 rings (SSSR count). The lowest BCUT2D eigenvalue weighted by molar-refractivity contribution is -0.134. The van der Waals surface area contributed by atoms with E-state index in [9.17, 15) is 9.59 Å². The first kappa shape index (κ1) is 18.2. The number of benzene rings is 1. The molecular weight excluding hydrogens is 300 g/mol. The van der Waals surface area contributed by atoms with Crippen molar-refractivity contribution in [1.82, 2.24) is 10.2 Å². The highest BCUT2D eigenvalue weighted by molar-refractivity contribution is 5.92. The maximum Gasteiger partial charge on any atom is 0.246 e. The molecule has 1 N–H and O–H groups in total. The number of hydrogen-bond donors (Lipinski definition) is 1. The van der Waals surface area contributed by atoms with Crippen molar-refractivity contribution in [3.8, 4) is 0 Å². The van der Waals surface area contributed by atoms with Gasteiger partial charge in [0.05, 0.1) is 5.92 Å². The molecule has 4 heteroatoms. The number of carbonyl (C=O) groups is 2. The monoisotopic (exact) mass is 328 g/mol. The number of likely N-dealkylation sites (tertiary alicyclic amines) is 1. The summed E-state index contributed by atoms with van der Waals surface area (Å²) in [7, 11) is 0. The molecule has 130 valence electrons. The molecule has 1 aliphatic heterocycles. The second-order valence-electron chi connectivity index (χ2n) is 6.50. The van der Waals surface area contributed by atoms with Gasteiger partial charge in [0.15, 0.2) is 0 Å². The second kappa shape index (κ2) is 9.26. The van der Waals surface area contributed by atoms with Crippen LogP contribution in [0.1, 0.15) is 45.1 Å². The maximum atomic E-state index is 12.5. The van der Waals surface area contributed by atoms with Crippen LogP contribution in [0.25, 0.3) is 6.08 Å². The van der Waals surface area contributed by atoms with Crippen molar-refractivity contribution >= 4 is 17.9 Å². The number of piperidine rings is 1. The van der Waals surface area contributed by atoms with E-state index in [-0.39, 0.29) is 23.8 Å². The standard InChI is InChI=1S/C20H28N2O2/c1-3-4-14-21-20(24)18-12-10-16(2)22(15-18)19(23)13-11-17-8-6-5-7-9-17/h5-9,11,13,16,18H,3-4,10,12,14-15H2,1-2H3,(H,21,24)/b13-11+. The molecule has 0 bridgehead atoms. The Bertz CT molecular complexity index is 568. The van der Waals surface area contributed by atoms with Crippen LogP contribution in [0, 0.1) is 5.92 Å². The Balaban J connectivity index is 1.93. The van der Waals surface area contributed by atoms with Gasteiger partial charge in [-0.1, -0.05) is 43.7 Å². The third kappa shape index (κ3) is 5.22. The van der Waals surface area contributed by atoms with Crippen LogP contribution in [0.5, 0.6) is 0 Å². The molecule has 1 fully saturated rings. The molecule has 0 aromatic heterocycles. The molecule has 4 nitrogen and oxygen atoms in total. The van der Waals surface area contributed by atoms with Crippen molar-refractivity contribution in [3.05, 3.63) is 42.0 Å². The van der Waals surface area contributed by atoms with E-state index >= 15 is 0 Å². The molecule has 2 amide bonds. The fourth-order valence-electron chi connectivity index (χ4n) is 2.99. The van der Waals surface area contributed by atoms with E-state index in [1.54, 1.807) is 6.08 Å². The zero-order chi connectivity index (χ0) is 17.4. The van der Waals surface area contributed by atoms with E-state index in [2.05, 4.69) is 19.2 Å². The lowest BCUT2D eigenvalue weighted by Crippen LogP contribution is -2.49. The maximum absolute atomic E-state index is 12.5. The molecule has 0 radical (unpaired) electrons. The molecule has 24 heavy (non-hydrogen) atoms. The van der Waals surface area contributed by atoms with E-state index in [0.29, 0.717) is 6.54 Å². The summed E-state index contributed by atoms with van der Waals surface area (Å²) in [6.07, 6.45) is 7.24. The fraction of sp³-hybridized carbons (Fsp3) is 0.500. The van der Waals surface area contributed by atoms with E-state index in [1.807, 2.05) is 41.3 Å². The van der Waals surface area contributed by atoms with Gasteiger partial charge in [0.1, 0.15) is 0 Å². The number of rotatable bonds is 6. The normalized spacial score (nSPS) is 21.0. The van der Waals surface area contributed by atoms with Crippen molar-refractivity contribution < 1.29 is 9.59 Å². The first-order valence-electron chi connectivity index (χ1n) is 8.93. The topological polar surface area (TPSA) is 49.4 Å². The molecule has 1 aromatic carbocycles. The van der Waals surface area contributed by atoms with Crippen LogP contribution in [0.2, 0.25) is 0 Å². The number of unbranched alkanes of at least 4 members (excludes halogenated alkanes) is 1. The van der Waals surface area contributed by atoms with Crippen LogP contribution in [0.4, 0.5) is 0 Å². The molecule has 1 aliphatic rings. The number of carbonyl (C=O) groups excluding carboxylic acids is 2. The Morgan fingerprint density at radius 2 is 2.00 bits per heavy atom. The van der Waals surface area contributed by atoms with Gasteiger partial charge in [0, 0.05) is 25.2 Å². The predicted octanol–water partition coefficient (Wildman–Crippen LogP) is 3.24. The van der Waals surface area contributed by atoms with Gasteiger partial charge < -0.3 is 10.2 Å². The van der Waals surface area contributed by atoms with E-state index < -0.39 is 0 Å². The molecule has 0 spiro atoms.